The highest BCUT2D eigenvalue weighted by atomic mass is 16.5. The summed E-state index contributed by atoms with van der Waals surface area (Å²) in [5.41, 5.74) is 1.56. The van der Waals surface area contributed by atoms with Crippen molar-refractivity contribution in [2.24, 2.45) is 0 Å². The number of ether oxygens (including phenoxy) is 1. The van der Waals surface area contributed by atoms with E-state index in [1.807, 2.05) is 37.3 Å². The molecular weight excluding hydrogens is 200 g/mol. The highest BCUT2D eigenvalue weighted by Crippen LogP contribution is 2.08. The van der Waals surface area contributed by atoms with Crippen LogP contribution < -0.4 is 0 Å². The summed E-state index contributed by atoms with van der Waals surface area (Å²) in [7, 11) is 0. The standard InChI is InChI=1S/C14H16O2/c1-3-4-5-8-11-16-14(15)13-10-7-6-9-12(13)2/h3,5-10H,1,4,11H2,2H3/b8-5+. The maximum Gasteiger partial charge on any atom is 0.338 e. The first-order valence-corrected chi connectivity index (χ1v) is 5.24. The number of hydrogen-bond acceptors (Lipinski definition) is 2. The molecule has 0 N–H and O–H groups in total. The molecule has 0 aliphatic rings. The van der Waals surface area contributed by atoms with Gasteiger partial charge in [-0.15, -0.1) is 6.58 Å². The quantitative estimate of drug-likeness (QED) is 0.557. The molecule has 0 spiro atoms. The fraction of sp³-hybridized carbons (Fsp3) is 0.214. The SMILES string of the molecule is C=CC/C=C/COC(=O)c1ccccc1C. The number of esters is 1. The number of benzene rings is 1. The Hall–Kier alpha value is -1.83. The van der Waals surface area contributed by atoms with Crippen LogP contribution in [-0.4, -0.2) is 12.6 Å². The van der Waals surface area contributed by atoms with Gasteiger partial charge in [-0.25, -0.2) is 4.79 Å². The largest absolute Gasteiger partial charge is 0.458 e. The molecule has 0 atom stereocenters. The van der Waals surface area contributed by atoms with Crippen LogP contribution in [0.25, 0.3) is 0 Å². The molecule has 0 bridgehead atoms. The van der Waals surface area contributed by atoms with Gasteiger partial charge in [-0.3, -0.25) is 0 Å². The second kappa shape index (κ2) is 6.62. The number of allylic oxidation sites excluding steroid dienone is 2. The van der Waals surface area contributed by atoms with Gasteiger partial charge in [-0.05, 0) is 25.0 Å². The predicted molar refractivity (Wildman–Crippen MR) is 65.4 cm³/mol. The van der Waals surface area contributed by atoms with Crippen molar-refractivity contribution in [3.05, 3.63) is 60.2 Å². The summed E-state index contributed by atoms with van der Waals surface area (Å²) in [6.45, 7) is 5.79. The van der Waals surface area contributed by atoms with Crippen LogP contribution in [0.5, 0.6) is 0 Å². The van der Waals surface area contributed by atoms with Crippen molar-refractivity contribution >= 4 is 5.97 Å². The van der Waals surface area contributed by atoms with E-state index in [9.17, 15) is 4.79 Å². The molecule has 0 aliphatic carbocycles. The van der Waals surface area contributed by atoms with Gasteiger partial charge in [0.25, 0.3) is 0 Å². The first kappa shape index (κ1) is 12.2. The zero-order chi connectivity index (χ0) is 11.8. The van der Waals surface area contributed by atoms with E-state index in [-0.39, 0.29) is 5.97 Å². The third-order valence-electron chi connectivity index (χ3n) is 2.15. The minimum atomic E-state index is -0.277. The minimum Gasteiger partial charge on any atom is -0.458 e. The molecule has 2 nitrogen and oxygen atoms in total. The molecule has 84 valence electrons. The topological polar surface area (TPSA) is 26.3 Å². The molecule has 1 rings (SSSR count). The summed E-state index contributed by atoms with van der Waals surface area (Å²) >= 11 is 0. The predicted octanol–water partition coefficient (Wildman–Crippen LogP) is 3.28. The number of aryl methyl sites for hydroxylation is 1. The number of carbonyl (C=O) groups excluding carboxylic acids is 1. The lowest BCUT2D eigenvalue weighted by Gasteiger charge is -2.04. The fourth-order valence-corrected chi connectivity index (χ4v) is 1.26. The second-order valence-corrected chi connectivity index (χ2v) is 3.41. The molecule has 0 saturated heterocycles. The number of rotatable bonds is 5. The van der Waals surface area contributed by atoms with E-state index in [1.165, 1.54) is 0 Å². The third kappa shape index (κ3) is 3.73. The zero-order valence-corrected chi connectivity index (χ0v) is 9.48. The Morgan fingerprint density at radius 2 is 2.12 bits per heavy atom. The van der Waals surface area contributed by atoms with Gasteiger partial charge in [0.1, 0.15) is 6.61 Å². The highest BCUT2D eigenvalue weighted by molar-refractivity contribution is 5.90. The molecule has 2 heteroatoms. The smallest absolute Gasteiger partial charge is 0.338 e. The average Bonchev–Trinajstić information content (AvgIpc) is 2.29. The Morgan fingerprint density at radius 1 is 1.38 bits per heavy atom. The maximum absolute atomic E-state index is 11.6. The molecule has 0 amide bonds. The van der Waals surface area contributed by atoms with Gasteiger partial charge in [0.15, 0.2) is 0 Å². The van der Waals surface area contributed by atoms with Crippen molar-refractivity contribution in [1.82, 2.24) is 0 Å². The molecule has 0 heterocycles. The summed E-state index contributed by atoms with van der Waals surface area (Å²) < 4.78 is 5.10. The molecule has 0 aromatic heterocycles. The van der Waals surface area contributed by atoms with Crippen LogP contribution in [0.4, 0.5) is 0 Å². The van der Waals surface area contributed by atoms with Crippen LogP contribution in [0.3, 0.4) is 0 Å². The van der Waals surface area contributed by atoms with E-state index in [1.54, 1.807) is 12.1 Å². The van der Waals surface area contributed by atoms with Crippen molar-refractivity contribution in [2.75, 3.05) is 6.61 Å². The summed E-state index contributed by atoms with van der Waals surface area (Å²) in [5.74, 6) is -0.277. The van der Waals surface area contributed by atoms with Crippen LogP contribution >= 0.6 is 0 Å². The van der Waals surface area contributed by atoms with Gasteiger partial charge in [-0.1, -0.05) is 36.4 Å². The van der Waals surface area contributed by atoms with Gasteiger partial charge >= 0.3 is 5.97 Å². The third-order valence-corrected chi connectivity index (χ3v) is 2.15. The molecule has 1 aromatic rings. The summed E-state index contributed by atoms with van der Waals surface area (Å²) in [5, 5.41) is 0. The molecule has 0 saturated carbocycles. The first-order chi connectivity index (χ1) is 7.75. The van der Waals surface area contributed by atoms with Gasteiger partial charge < -0.3 is 4.74 Å². The monoisotopic (exact) mass is 216 g/mol. The summed E-state index contributed by atoms with van der Waals surface area (Å²) in [4.78, 5) is 11.6. The number of carbonyl (C=O) groups is 1. The molecule has 0 radical (unpaired) electrons. The van der Waals surface area contributed by atoms with Gasteiger partial charge in [0, 0.05) is 0 Å². The Bertz CT molecular complexity index is 391. The van der Waals surface area contributed by atoms with Gasteiger partial charge in [0.05, 0.1) is 5.56 Å². The van der Waals surface area contributed by atoms with E-state index >= 15 is 0 Å². The average molecular weight is 216 g/mol. The second-order valence-electron chi connectivity index (χ2n) is 3.41. The van der Waals surface area contributed by atoms with Crippen LogP contribution in [0, 0.1) is 6.92 Å². The fourth-order valence-electron chi connectivity index (χ4n) is 1.26. The van der Waals surface area contributed by atoms with Crippen LogP contribution in [-0.2, 0) is 4.74 Å². The molecule has 0 fully saturated rings. The van der Waals surface area contributed by atoms with Crippen molar-refractivity contribution < 1.29 is 9.53 Å². The summed E-state index contributed by atoms with van der Waals surface area (Å²) in [6, 6.07) is 7.39. The first-order valence-electron chi connectivity index (χ1n) is 5.24. The van der Waals surface area contributed by atoms with Gasteiger partial charge in [0.2, 0.25) is 0 Å². The minimum absolute atomic E-state index is 0.277. The molecular formula is C14H16O2. The van der Waals surface area contributed by atoms with E-state index < -0.39 is 0 Å². The van der Waals surface area contributed by atoms with E-state index in [0.717, 1.165) is 12.0 Å². The maximum atomic E-state index is 11.6. The number of hydrogen-bond donors (Lipinski definition) is 0. The zero-order valence-electron chi connectivity index (χ0n) is 9.48. The Balaban J connectivity index is 2.47. The van der Waals surface area contributed by atoms with Crippen molar-refractivity contribution in [1.29, 1.82) is 0 Å². The van der Waals surface area contributed by atoms with Crippen molar-refractivity contribution in [3.8, 4) is 0 Å². The van der Waals surface area contributed by atoms with Crippen LogP contribution in [0.15, 0.2) is 49.1 Å². The van der Waals surface area contributed by atoms with E-state index in [4.69, 9.17) is 4.74 Å². The van der Waals surface area contributed by atoms with Crippen LogP contribution in [0.1, 0.15) is 22.3 Å². The normalized spacial score (nSPS) is 10.3. The Kier molecular flexibility index (Phi) is 5.06. The highest BCUT2D eigenvalue weighted by Gasteiger charge is 2.07. The van der Waals surface area contributed by atoms with Crippen molar-refractivity contribution in [3.63, 3.8) is 0 Å². The van der Waals surface area contributed by atoms with Crippen LogP contribution in [0.2, 0.25) is 0 Å². The van der Waals surface area contributed by atoms with Crippen molar-refractivity contribution in [2.45, 2.75) is 13.3 Å². The lowest BCUT2D eigenvalue weighted by atomic mass is 10.1. The lowest BCUT2D eigenvalue weighted by molar-refractivity contribution is 0.0548. The Morgan fingerprint density at radius 3 is 2.81 bits per heavy atom. The van der Waals surface area contributed by atoms with E-state index in [0.29, 0.717) is 12.2 Å². The van der Waals surface area contributed by atoms with Gasteiger partial charge in [-0.2, -0.15) is 0 Å². The van der Waals surface area contributed by atoms with E-state index in [2.05, 4.69) is 6.58 Å². The molecule has 0 aliphatic heterocycles. The molecule has 1 aromatic carbocycles. The summed E-state index contributed by atoms with van der Waals surface area (Å²) in [6.07, 6.45) is 6.32. The lowest BCUT2D eigenvalue weighted by Crippen LogP contribution is -2.06. The molecule has 0 unspecified atom stereocenters. The Labute approximate surface area is 96.2 Å². The molecule has 16 heavy (non-hydrogen) atoms.